The highest BCUT2D eigenvalue weighted by Gasteiger charge is 2.38. The standard InChI is InChI=1S/C21H28N2O2/c1-14-6-4-8-17-21(14)15(13-22-17)12-20(25)23-11-5-9-18(23)16-7-2-3-10-19(16)24/h4,6,8,13,16,18-19,22,24H,2-3,5,7,9-12H2,1H3. The summed E-state index contributed by atoms with van der Waals surface area (Å²) in [5.41, 5.74) is 3.40. The lowest BCUT2D eigenvalue weighted by Gasteiger charge is -2.37. The first kappa shape index (κ1) is 16.6. The van der Waals surface area contributed by atoms with Crippen molar-refractivity contribution in [2.75, 3.05) is 6.54 Å². The zero-order valence-corrected chi connectivity index (χ0v) is 15.0. The van der Waals surface area contributed by atoms with E-state index in [-0.39, 0.29) is 24.0 Å². The lowest BCUT2D eigenvalue weighted by Crippen LogP contribution is -2.45. The van der Waals surface area contributed by atoms with Gasteiger partial charge in [-0.2, -0.15) is 0 Å². The number of hydrogen-bond acceptors (Lipinski definition) is 2. The van der Waals surface area contributed by atoms with Crippen molar-refractivity contribution >= 4 is 16.8 Å². The van der Waals surface area contributed by atoms with Crippen LogP contribution in [0.15, 0.2) is 24.4 Å². The topological polar surface area (TPSA) is 56.3 Å². The maximum Gasteiger partial charge on any atom is 0.227 e. The number of nitrogens with zero attached hydrogens (tertiary/aromatic N) is 1. The smallest absolute Gasteiger partial charge is 0.227 e. The van der Waals surface area contributed by atoms with E-state index in [0.717, 1.165) is 49.7 Å². The summed E-state index contributed by atoms with van der Waals surface area (Å²) in [5, 5.41) is 11.6. The summed E-state index contributed by atoms with van der Waals surface area (Å²) in [4.78, 5) is 18.4. The molecule has 25 heavy (non-hydrogen) atoms. The summed E-state index contributed by atoms with van der Waals surface area (Å²) in [7, 11) is 0. The third-order valence-electron chi connectivity index (χ3n) is 6.23. The molecule has 1 saturated heterocycles. The molecule has 2 aliphatic rings. The van der Waals surface area contributed by atoms with Crippen LogP contribution < -0.4 is 0 Å². The number of aromatic nitrogens is 1. The summed E-state index contributed by atoms with van der Waals surface area (Å²) in [6, 6.07) is 6.43. The Hall–Kier alpha value is -1.81. The minimum absolute atomic E-state index is 0.212. The fraction of sp³-hybridized carbons (Fsp3) is 0.571. The number of nitrogens with one attached hydrogen (secondary N) is 1. The quantitative estimate of drug-likeness (QED) is 0.897. The van der Waals surface area contributed by atoms with E-state index in [1.54, 1.807) is 0 Å². The molecular weight excluding hydrogens is 312 g/mol. The number of benzene rings is 1. The van der Waals surface area contributed by atoms with Crippen LogP contribution in [0.5, 0.6) is 0 Å². The predicted octanol–water partition coefficient (Wildman–Crippen LogP) is 3.56. The van der Waals surface area contributed by atoms with Gasteiger partial charge in [-0.1, -0.05) is 25.0 Å². The molecule has 1 saturated carbocycles. The van der Waals surface area contributed by atoms with Crippen LogP contribution in [-0.4, -0.2) is 39.6 Å². The number of aromatic amines is 1. The van der Waals surface area contributed by atoms with Gasteiger partial charge in [0.15, 0.2) is 0 Å². The Balaban J connectivity index is 1.53. The molecule has 3 atom stereocenters. The maximum absolute atomic E-state index is 13.1. The number of hydrogen-bond donors (Lipinski definition) is 2. The molecule has 134 valence electrons. The number of aryl methyl sites for hydroxylation is 1. The van der Waals surface area contributed by atoms with Gasteiger partial charge in [-0.3, -0.25) is 4.79 Å². The Kier molecular flexibility index (Phi) is 4.55. The predicted molar refractivity (Wildman–Crippen MR) is 99.4 cm³/mol. The molecule has 2 aromatic rings. The molecule has 3 unspecified atom stereocenters. The average molecular weight is 340 g/mol. The highest BCUT2D eigenvalue weighted by atomic mass is 16.3. The number of aliphatic hydroxyl groups excluding tert-OH is 1. The number of H-pyrrole nitrogens is 1. The molecule has 0 spiro atoms. The minimum atomic E-state index is -0.234. The van der Waals surface area contributed by atoms with Gasteiger partial charge in [0.05, 0.1) is 12.5 Å². The van der Waals surface area contributed by atoms with E-state index in [1.807, 2.05) is 12.3 Å². The Labute approximate surface area is 149 Å². The Morgan fingerprint density at radius 1 is 1.24 bits per heavy atom. The van der Waals surface area contributed by atoms with E-state index < -0.39 is 0 Å². The Bertz CT molecular complexity index is 766. The van der Waals surface area contributed by atoms with Crippen molar-refractivity contribution in [1.82, 2.24) is 9.88 Å². The van der Waals surface area contributed by atoms with Crippen molar-refractivity contribution in [2.45, 2.75) is 64.0 Å². The Morgan fingerprint density at radius 3 is 2.92 bits per heavy atom. The largest absolute Gasteiger partial charge is 0.393 e. The lowest BCUT2D eigenvalue weighted by molar-refractivity contribution is -0.133. The molecule has 1 aromatic heterocycles. The zero-order valence-electron chi connectivity index (χ0n) is 15.0. The van der Waals surface area contributed by atoms with Gasteiger partial charge in [-0.25, -0.2) is 0 Å². The van der Waals surface area contributed by atoms with Crippen LogP contribution in [0.25, 0.3) is 10.9 Å². The maximum atomic E-state index is 13.1. The highest BCUT2D eigenvalue weighted by molar-refractivity contribution is 5.91. The average Bonchev–Trinajstić information content (AvgIpc) is 3.23. The zero-order chi connectivity index (χ0) is 17.4. The van der Waals surface area contributed by atoms with Gasteiger partial charge in [-0.05, 0) is 49.8 Å². The Morgan fingerprint density at radius 2 is 2.08 bits per heavy atom. The summed E-state index contributed by atoms with van der Waals surface area (Å²) in [5.74, 6) is 0.481. The second-order valence-electron chi connectivity index (χ2n) is 7.80. The fourth-order valence-electron chi connectivity index (χ4n) is 4.99. The van der Waals surface area contributed by atoms with E-state index in [0.29, 0.717) is 6.42 Å². The van der Waals surface area contributed by atoms with Crippen molar-refractivity contribution < 1.29 is 9.90 Å². The van der Waals surface area contributed by atoms with Crippen LogP contribution in [0.2, 0.25) is 0 Å². The third kappa shape index (κ3) is 3.08. The summed E-state index contributed by atoms with van der Waals surface area (Å²) in [6.45, 7) is 2.94. The summed E-state index contributed by atoms with van der Waals surface area (Å²) in [6.07, 6.45) is 8.55. The second-order valence-corrected chi connectivity index (χ2v) is 7.80. The number of fused-ring (bicyclic) bond motifs is 1. The van der Waals surface area contributed by atoms with Gasteiger partial charge in [0.1, 0.15) is 0 Å². The lowest BCUT2D eigenvalue weighted by atomic mass is 9.80. The molecule has 4 nitrogen and oxygen atoms in total. The van der Waals surface area contributed by atoms with E-state index >= 15 is 0 Å². The normalized spacial score (nSPS) is 27.1. The first-order valence-corrected chi connectivity index (χ1v) is 9.68. The number of rotatable bonds is 3. The van der Waals surface area contributed by atoms with Crippen LogP contribution >= 0.6 is 0 Å². The monoisotopic (exact) mass is 340 g/mol. The van der Waals surface area contributed by atoms with Crippen LogP contribution in [0.4, 0.5) is 0 Å². The van der Waals surface area contributed by atoms with E-state index in [4.69, 9.17) is 0 Å². The first-order chi connectivity index (χ1) is 12.1. The first-order valence-electron chi connectivity index (χ1n) is 9.68. The fourth-order valence-corrected chi connectivity index (χ4v) is 4.99. The van der Waals surface area contributed by atoms with Crippen molar-refractivity contribution in [3.05, 3.63) is 35.5 Å². The van der Waals surface area contributed by atoms with E-state index in [1.165, 1.54) is 17.4 Å². The molecule has 2 heterocycles. The molecule has 1 amide bonds. The van der Waals surface area contributed by atoms with Crippen molar-refractivity contribution in [3.8, 4) is 0 Å². The third-order valence-corrected chi connectivity index (χ3v) is 6.23. The van der Waals surface area contributed by atoms with Gasteiger partial charge in [0.2, 0.25) is 5.91 Å². The number of carbonyl (C=O) groups is 1. The number of carbonyl (C=O) groups excluding carboxylic acids is 1. The minimum Gasteiger partial charge on any atom is -0.393 e. The molecule has 1 aromatic carbocycles. The molecule has 1 aliphatic heterocycles. The van der Waals surface area contributed by atoms with E-state index in [2.05, 4.69) is 28.9 Å². The van der Waals surface area contributed by atoms with Crippen LogP contribution in [0.3, 0.4) is 0 Å². The van der Waals surface area contributed by atoms with Crippen molar-refractivity contribution in [1.29, 1.82) is 0 Å². The molecule has 4 rings (SSSR count). The molecule has 2 N–H and O–H groups in total. The van der Waals surface area contributed by atoms with Crippen LogP contribution in [-0.2, 0) is 11.2 Å². The van der Waals surface area contributed by atoms with E-state index in [9.17, 15) is 9.90 Å². The molecule has 2 fully saturated rings. The van der Waals surface area contributed by atoms with Gasteiger partial charge < -0.3 is 15.0 Å². The molecule has 1 aliphatic carbocycles. The van der Waals surface area contributed by atoms with Gasteiger partial charge in [0.25, 0.3) is 0 Å². The van der Waals surface area contributed by atoms with Crippen molar-refractivity contribution in [3.63, 3.8) is 0 Å². The molecular formula is C21H28N2O2. The number of likely N-dealkylation sites (tertiary alicyclic amines) is 1. The van der Waals surface area contributed by atoms with Gasteiger partial charge in [-0.15, -0.1) is 0 Å². The van der Waals surface area contributed by atoms with Crippen molar-refractivity contribution in [2.24, 2.45) is 5.92 Å². The van der Waals surface area contributed by atoms with Gasteiger partial charge >= 0.3 is 0 Å². The number of amides is 1. The molecule has 4 heteroatoms. The highest BCUT2D eigenvalue weighted by Crippen LogP contribution is 2.35. The number of aliphatic hydroxyl groups is 1. The molecule has 0 radical (unpaired) electrons. The molecule has 0 bridgehead atoms. The summed E-state index contributed by atoms with van der Waals surface area (Å²) < 4.78 is 0. The second kappa shape index (κ2) is 6.83. The SMILES string of the molecule is Cc1cccc2[nH]cc(CC(=O)N3CCCC3C3CCCCC3O)c12. The van der Waals surface area contributed by atoms with Crippen LogP contribution in [0.1, 0.15) is 49.7 Å². The van der Waals surface area contributed by atoms with Crippen LogP contribution in [0, 0.1) is 12.8 Å². The summed E-state index contributed by atoms with van der Waals surface area (Å²) >= 11 is 0. The van der Waals surface area contributed by atoms with Gasteiger partial charge in [0, 0.05) is 35.6 Å².